The van der Waals surface area contributed by atoms with Gasteiger partial charge in [0.25, 0.3) is 0 Å². The van der Waals surface area contributed by atoms with Gasteiger partial charge in [-0.25, -0.2) is 8.42 Å². The molecule has 0 aliphatic heterocycles. The molecular weight excluding hydrogens is 224 g/mol. The van der Waals surface area contributed by atoms with Gasteiger partial charge in [-0.1, -0.05) is 12.1 Å². The van der Waals surface area contributed by atoms with Gasteiger partial charge in [-0.15, -0.1) is 0 Å². The van der Waals surface area contributed by atoms with E-state index in [9.17, 15) is 8.42 Å². The molecular formula is C11H12N2O2S. The van der Waals surface area contributed by atoms with E-state index in [1.807, 2.05) is 18.2 Å². The minimum atomic E-state index is -3.24. The first-order valence-corrected chi connectivity index (χ1v) is 6.61. The second-order valence-electron chi connectivity index (χ2n) is 3.41. The minimum Gasteiger partial charge on any atom is -0.283 e. The van der Waals surface area contributed by atoms with E-state index in [1.54, 1.807) is 25.4 Å². The van der Waals surface area contributed by atoms with Crippen molar-refractivity contribution in [1.82, 2.24) is 4.98 Å². The summed E-state index contributed by atoms with van der Waals surface area (Å²) in [5.74, 6) is 0.0592. The molecule has 0 radical (unpaired) electrons. The molecule has 1 N–H and O–H groups in total. The second kappa shape index (κ2) is 4.09. The van der Waals surface area contributed by atoms with E-state index in [0.29, 0.717) is 5.69 Å². The maximum absolute atomic E-state index is 11.5. The zero-order valence-electron chi connectivity index (χ0n) is 8.84. The van der Waals surface area contributed by atoms with Gasteiger partial charge in [-0.05, 0) is 24.4 Å². The molecule has 1 aromatic heterocycles. The number of fused-ring (bicyclic) bond motifs is 1. The van der Waals surface area contributed by atoms with E-state index < -0.39 is 10.0 Å². The maximum atomic E-state index is 11.5. The first kappa shape index (κ1) is 10.9. The Kier molecular flexibility index (Phi) is 2.78. The van der Waals surface area contributed by atoms with Crippen molar-refractivity contribution in [1.29, 1.82) is 0 Å². The first-order valence-electron chi connectivity index (χ1n) is 4.95. The molecule has 0 saturated heterocycles. The molecule has 84 valence electrons. The Morgan fingerprint density at radius 2 is 2.12 bits per heavy atom. The molecule has 0 amide bonds. The Bertz CT molecular complexity index is 603. The van der Waals surface area contributed by atoms with Gasteiger partial charge in [0.2, 0.25) is 10.0 Å². The number of nitrogens with one attached hydrogen (secondary N) is 1. The minimum absolute atomic E-state index is 0.0592. The van der Waals surface area contributed by atoms with Gasteiger partial charge in [0.05, 0.1) is 11.4 Å². The summed E-state index contributed by atoms with van der Waals surface area (Å²) in [7, 11) is -3.24. The van der Waals surface area contributed by atoms with E-state index in [1.165, 1.54) is 0 Å². The quantitative estimate of drug-likeness (QED) is 0.886. The van der Waals surface area contributed by atoms with Crippen molar-refractivity contribution in [2.24, 2.45) is 0 Å². The van der Waals surface area contributed by atoms with Crippen LogP contribution in [0.15, 0.2) is 36.7 Å². The van der Waals surface area contributed by atoms with Crippen molar-refractivity contribution in [3.63, 3.8) is 0 Å². The van der Waals surface area contributed by atoms with Gasteiger partial charge in [0.1, 0.15) is 0 Å². The summed E-state index contributed by atoms with van der Waals surface area (Å²) in [6.07, 6.45) is 3.34. The average molecular weight is 236 g/mol. The number of benzene rings is 1. The van der Waals surface area contributed by atoms with Crippen molar-refractivity contribution in [3.8, 4) is 0 Å². The highest BCUT2D eigenvalue weighted by Gasteiger charge is 2.08. The summed E-state index contributed by atoms with van der Waals surface area (Å²) in [5, 5.41) is 1.77. The molecule has 0 atom stereocenters. The van der Waals surface area contributed by atoms with Gasteiger partial charge in [0, 0.05) is 17.8 Å². The second-order valence-corrected chi connectivity index (χ2v) is 5.42. The van der Waals surface area contributed by atoms with E-state index in [-0.39, 0.29) is 5.75 Å². The Labute approximate surface area is 94.4 Å². The summed E-state index contributed by atoms with van der Waals surface area (Å²) >= 11 is 0. The summed E-state index contributed by atoms with van der Waals surface area (Å²) in [6.45, 7) is 1.60. The molecule has 5 heteroatoms. The molecule has 1 heterocycles. The van der Waals surface area contributed by atoms with Gasteiger partial charge < -0.3 is 0 Å². The molecule has 0 fully saturated rings. The van der Waals surface area contributed by atoms with Gasteiger partial charge in [-0.2, -0.15) is 0 Å². The summed E-state index contributed by atoms with van der Waals surface area (Å²) < 4.78 is 25.5. The fourth-order valence-electron chi connectivity index (χ4n) is 1.44. The lowest BCUT2D eigenvalue weighted by atomic mass is 10.1. The molecule has 0 unspecified atom stereocenters. The molecule has 2 rings (SSSR count). The molecule has 0 bridgehead atoms. The summed E-state index contributed by atoms with van der Waals surface area (Å²) in [5.41, 5.74) is 0.576. The third kappa shape index (κ3) is 2.14. The van der Waals surface area contributed by atoms with Crippen molar-refractivity contribution in [3.05, 3.63) is 36.7 Å². The number of aromatic nitrogens is 1. The Morgan fingerprint density at radius 3 is 2.88 bits per heavy atom. The molecule has 0 aliphatic carbocycles. The smallest absolute Gasteiger partial charge is 0.232 e. The third-order valence-electron chi connectivity index (χ3n) is 2.33. The molecule has 0 aliphatic rings. The number of pyridine rings is 1. The number of anilines is 1. The van der Waals surface area contributed by atoms with Gasteiger partial charge >= 0.3 is 0 Å². The highest BCUT2D eigenvalue weighted by Crippen LogP contribution is 2.22. The average Bonchev–Trinajstić information content (AvgIpc) is 2.29. The third-order valence-corrected chi connectivity index (χ3v) is 3.62. The van der Waals surface area contributed by atoms with Crippen LogP contribution in [0.5, 0.6) is 0 Å². The normalized spacial score (nSPS) is 11.6. The SMILES string of the molecule is CCS(=O)(=O)Nc1cccc2ccncc12. The predicted octanol–water partition coefficient (Wildman–Crippen LogP) is 2.00. The van der Waals surface area contributed by atoms with E-state index in [2.05, 4.69) is 9.71 Å². The van der Waals surface area contributed by atoms with Crippen LogP contribution < -0.4 is 4.72 Å². The van der Waals surface area contributed by atoms with E-state index in [0.717, 1.165) is 10.8 Å². The molecule has 0 spiro atoms. The zero-order chi connectivity index (χ0) is 11.6. The maximum Gasteiger partial charge on any atom is 0.232 e. The van der Waals surface area contributed by atoms with Crippen molar-refractivity contribution in [2.75, 3.05) is 10.5 Å². The van der Waals surface area contributed by atoms with Crippen LogP contribution in [0.4, 0.5) is 5.69 Å². The largest absolute Gasteiger partial charge is 0.283 e. The Hall–Kier alpha value is -1.62. The number of nitrogens with zero attached hydrogens (tertiary/aromatic N) is 1. The Morgan fingerprint density at radius 1 is 1.31 bits per heavy atom. The van der Waals surface area contributed by atoms with Crippen molar-refractivity contribution in [2.45, 2.75) is 6.92 Å². The van der Waals surface area contributed by atoms with Crippen LogP contribution in [-0.2, 0) is 10.0 Å². The van der Waals surface area contributed by atoms with Crippen LogP contribution in [0.3, 0.4) is 0 Å². The highest BCUT2D eigenvalue weighted by atomic mass is 32.2. The number of hydrogen-bond acceptors (Lipinski definition) is 3. The van der Waals surface area contributed by atoms with Crippen LogP contribution in [0.25, 0.3) is 10.8 Å². The van der Waals surface area contributed by atoms with Crippen LogP contribution >= 0.6 is 0 Å². The Balaban J connectivity index is 2.53. The van der Waals surface area contributed by atoms with E-state index >= 15 is 0 Å². The van der Waals surface area contributed by atoms with Crippen LogP contribution in [0.2, 0.25) is 0 Å². The number of sulfonamides is 1. The fourth-order valence-corrected chi connectivity index (χ4v) is 2.10. The van der Waals surface area contributed by atoms with Crippen LogP contribution in [0.1, 0.15) is 6.92 Å². The lowest BCUT2D eigenvalue weighted by Gasteiger charge is -2.08. The van der Waals surface area contributed by atoms with Crippen molar-refractivity contribution < 1.29 is 8.42 Å². The highest BCUT2D eigenvalue weighted by molar-refractivity contribution is 7.92. The fraction of sp³-hybridized carbons (Fsp3) is 0.182. The van der Waals surface area contributed by atoms with Crippen LogP contribution in [-0.4, -0.2) is 19.2 Å². The van der Waals surface area contributed by atoms with E-state index in [4.69, 9.17) is 0 Å². The van der Waals surface area contributed by atoms with Gasteiger partial charge in [-0.3, -0.25) is 9.71 Å². The predicted molar refractivity (Wildman–Crippen MR) is 64.8 cm³/mol. The van der Waals surface area contributed by atoms with Crippen molar-refractivity contribution >= 4 is 26.5 Å². The summed E-state index contributed by atoms with van der Waals surface area (Å²) in [6, 6.07) is 7.31. The number of rotatable bonds is 3. The molecule has 2 aromatic rings. The summed E-state index contributed by atoms with van der Waals surface area (Å²) in [4.78, 5) is 3.99. The molecule has 4 nitrogen and oxygen atoms in total. The lowest BCUT2D eigenvalue weighted by Crippen LogP contribution is -2.14. The standard InChI is InChI=1S/C11H12N2O2S/c1-2-16(14,15)13-11-5-3-4-9-6-7-12-8-10(9)11/h3-8,13H,2H2,1H3. The van der Waals surface area contributed by atoms with Gasteiger partial charge in [0.15, 0.2) is 0 Å². The monoisotopic (exact) mass is 236 g/mol. The van der Waals surface area contributed by atoms with Crippen LogP contribution in [0, 0.1) is 0 Å². The number of hydrogen-bond donors (Lipinski definition) is 1. The zero-order valence-corrected chi connectivity index (χ0v) is 9.66. The topological polar surface area (TPSA) is 59.1 Å². The molecule has 1 aromatic carbocycles. The molecule has 0 saturated carbocycles. The first-order chi connectivity index (χ1) is 7.62. The molecule has 16 heavy (non-hydrogen) atoms. The lowest BCUT2D eigenvalue weighted by molar-refractivity contribution is 0.602.